The Bertz CT molecular complexity index is 602. The summed E-state index contributed by atoms with van der Waals surface area (Å²) in [6, 6.07) is 5.65. The topological polar surface area (TPSA) is 45.5 Å². The fourth-order valence-corrected chi connectivity index (χ4v) is 2.45. The number of thiazole rings is 1. The molecular weight excluding hydrogens is 277 g/mol. The zero-order chi connectivity index (χ0) is 14.0. The summed E-state index contributed by atoms with van der Waals surface area (Å²) in [6.07, 6.45) is -4.68. The van der Waals surface area contributed by atoms with E-state index in [9.17, 15) is 13.2 Å². The van der Waals surface area contributed by atoms with E-state index >= 15 is 0 Å². The van der Waals surface area contributed by atoms with Gasteiger partial charge >= 0.3 is 6.18 Å². The van der Waals surface area contributed by atoms with Crippen LogP contribution < -0.4 is 0 Å². The Labute approximate surface area is 111 Å². The van der Waals surface area contributed by atoms with Crippen molar-refractivity contribution in [2.75, 3.05) is 0 Å². The lowest BCUT2D eigenvalue weighted by Gasteiger charge is -2.09. The average Bonchev–Trinajstić information content (AvgIpc) is 2.75. The van der Waals surface area contributed by atoms with E-state index in [2.05, 4.69) is 10.1 Å². The van der Waals surface area contributed by atoms with Gasteiger partial charge in [0.25, 0.3) is 0 Å². The van der Waals surface area contributed by atoms with E-state index in [1.807, 2.05) is 6.92 Å². The van der Waals surface area contributed by atoms with E-state index in [0.29, 0.717) is 0 Å². The van der Waals surface area contributed by atoms with Crippen LogP contribution in [0, 0.1) is 6.92 Å². The van der Waals surface area contributed by atoms with Crippen LogP contribution in [0.25, 0.3) is 10.4 Å². The van der Waals surface area contributed by atoms with Crippen LogP contribution in [0.1, 0.15) is 11.3 Å². The molecule has 100 valence electrons. The lowest BCUT2D eigenvalue weighted by molar-refractivity contribution is -0.0601. The molecule has 0 saturated carbocycles. The molecule has 0 radical (unpaired) electrons. The van der Waals surface area contributed by atoms with Crippen LogP contribution in [-0.2, 0) is 0 Å². The molecule has 2 aromatic rings. The van der Waals surface area contributed by atoms with Crippen LogP contribution in [0.5, 0.6) is 0 Å². The molecule has 0 saturated heterocycles. The summed E-state index contributed by atoms with van der Waals surface area (Å²) in [7, 11) is 0. The predicted molar refractivity (Wildman–Crippen MR) is 66.7 cm³/mol. The monoisotopic (exact) mass is 286 g/mol. The maximum atomic E-state index is 12.5. The molecule has 1 heterocycles. The SMILES string of the molecule is Cc1ncsc1-c1ccc(/C(=N\O)C(F)(F)F)cc1. The maximum Gasteiger partial charge on any atom is 0.437 e. The van der Waals surface area contributed by atoms with Gasteiger partial charge in [0.1, 0.15) is 0 Å². The minimum atomic E-state index is -4.68. The van der Waals surface area contributed by atoms with E-state index in [4.69, 9.17) is 5.21 Å². The summed E-state index contributed by atoms with van der Waals surface area (Å²) in [6.45, 7) is 1.83. The Morgan fingerprint density at radius 3 is 2.32 bits per heavy atom. The summed E-state index contributed by atoms with van der Waals surface area (Å²) < 4.78 is 37.6. The molecule has 2 rings (SSSR count). The molecule has 3 nitrogen and oxygen atoms in total. The number of aryl methyl sites for hydroxylation is 1. The third kappa shape index (κ3) is 2.76. The van der Waals surface area contributed by atoms with Gasteiger partial charge in [0.15, 0.2) is 5.71 Å². The van der Waals surface area contributed by atoms with E-state index in [1.165, 1.54) is 23.5 Å². The van der Waals surface area contributed by atoms with E-state index < -0.39 is 11.9 Å². The molecule has 7 heteroatoms. The van der Waals surface area contributed by atoms with Crippen molar-refractivity contribution >= 4 is 17.0 Å². The first kappa shape index (κ1) is 13.5. The zero-order valence-corrected chi connectivity index (χ0v) is 10.6. The highest BCUT2D eigenvalue weighted by molar-refractivity contribution is 7.13. The fraction of sp³-hybridized carbons (Fsp3) is 0.167. The first-order valence-corrected chi connectivity index (χ1v) is 6.11. The number of hydrogen-bond acceptors (Lipinski definition) is 4. The van der Waals surface area contributed by atoms with Crippen molar-refractivity contribution in [3.8, 4) is 10.4 Å². The summed E-state index contributed by atoms with van der Waals surface area (Å²) >= 11 is 1.42. The van der Waals surface area contributed by atoms with Gasteiger partial charge in [-0.1, -0.05) is 29.4 Å². The third-order valence-corrected chi connectivity index (χ3v) is 3.51. The molecule has 1 aromatic heterocycles. The molecule has 0 amide bonds. The normalized spacial score (nSPS) is 12.7. The van der Waals surface area contributed by atoms with Crippen molar-refractivity contribution < 1.29 is 18.4 Å². The minimum absolute atomic E-state index is 0.180. The Balaban J connectivity index is 2.37. The zero-order valence-electron chi connectivity index (χ0n) is 9.77. The van der Waals surface area contributed by atoms with Crippen LogP contribution in [0.2, 0.25) is 0 Å². The number of rotatable bonds is 2. The quantitative estimate of drug-likeness (QED) is 0.517. The van der Waals surface area contributed by atoms with Gasteiger partial charge in [-0.25, -0.2) is 4.98 Å². The highest BCUT2D eigenvalue weighted by Gasteiger charge is 2.37. The second kappa shape index (κ2) is 5.00. The fourth-order valence-electron chi connectivity index (χ4n) is 1.64. The average molecular weight is 286 g/mol. The Hall–Kier alpha value is -1.89. The molecular formula is C12H9F3N2OS. The lowest BCUT2D eigenvalue weighted by Crippen LogP contribution is -2.23. The molecule has 0 fully saturated rings. The number of oxime groups is 1. The van der Waals surface area contributed by atoms with Gasteiger partial charge in [-0.05, 0) is 12.5 Å². The van der Waals surface area contributed by atoms with Gasteiger partial charge in [0.05, 0.1) is 16.1 Å². The van der Waals surface area contributed by atoms with Crippen molar-refractivity contribution in [2.24, 2.45) is 5.16 Å². The second-order valence-electron chi connectivity index (χ2n) is 3.79. The van der Waals surface area contributed by atoms with E-state index in [0.717, 1.165) is 16.1 Å². The summed E-state index contributed by atoms with van der Waals surface area (Å²) in [5.74, 6) is 0. The first-order valence-electron chi connectivity index (χ1n) is 5.23. The molecule has 0 unspecified atom stereocenters. The van der Waals surface area contributed by atoms with Gasteiger partial charge in [0, 0.05) is 5.56 Å². The van der Waals surface area contributed by atoms with Crippen LogP contribution in [0.3, 0.4) is 0 Å². The molecule has 0 aliphatic rings. The van der Waals surface area contributed by atoms with Crippen LogP contribution in [0.15, 0.2) is 34.9 Å². The molecule has 1 aromatic carbocycles. The van der Waals surface area contributed by atoms with Gasteiger partial charge in [-0.15, -0.1) is 11.3 Å². The molecule has 19 heavy (non-hydrogen) atoms. The van der Waals surface area contributed by atoms with Crippen LogP contribution in [0.4, 0.5) is 13.2 Å². The Morgan fingerprint density at radius 2 is 1.89 bits per heavy atom. The van der Waals surface area contributed by atoms with Gasteiger partial charge in [0.2, 0.25) is 0 Å². The smallest absolute Gasteiger partial charge is 0.410 e. The molecule has 0 aliphatic carbocycles. The number of aromatic nitrogens is 1. The largest absolute Gasteiger partial charge is 0.437 e. The second-order valence-corrected chi connectivity index (χ2v) is 4.65. The maximum absolute atomic E-state index is 12.5. The van der Waals surface area contributed by atoms with Crippen molar-refractivity contribution in [3.05, 3.63) is 41.0 Å². The van der Waals surface area contributed by atoms with Gasteiger partial charge < -0.3 is 5.21 Å². The molecule has 0 bridgehead atoms. The standard InChI is InChI=1S/C12H9F3N2OS/c1-7-10(19-6-16-7)8-2-4-9(5-3-8)11(17-18)12(13,14)15/h2-6,18H,1H3/b17-11+. The van der Waals surface area contributed by atoms with Crippen molar-refractivity contribution in [1.29, 1.82) is 0 Å². The molecule has 0 aliphatic heterocycles. The highest BCUT2D eigenvalue weighted by atomic mass is 32.1. The number of halogens is 3. The molecule has 1 N–H and O–H groups in total. The highest BCUT2D eigenvalue weighted by Crippen LogP contribution is 2.29. The number of alkyl halides is 3. The number of benzene rings is 1. The Kier molecular flexibility index (Phi) is 3.57. The van der Waals surface area contributed by atoms with E-state index in [-0.39, 0.29) is 5.56 Å². The van der Waals surface area contributed by atoms with E-state index in [1.54, 1.807) is 17.6 Å². The number of nitrogens with zero attached hydrogens (tertiary/aromatic N) is 2. The summed E-state index contributed by atoms with van der Waals surface area (Å²) in [4.78, 5) is 4.98. The first-order chi connectivity index (χ1) is 8.93. The van der Waals surface area contributed by atoms with Crippen molar-refractivity contribution in [2.45, 2.75) is 13.1 Å². The summed E-state index contributed by atoms with van der Waals surface area (Å²) in [5.41, 5.74) is 1.79. The van der Waals surface area contributed by atoms with Gasteiger partial charge in [-0.3, -0.25) is 0 Å². The van der Waals surface area contributed by atoms with Crippen molar-refractivity contribution in [1.82, 2.24) is 4.98 Å². The van der Waals surface area contributed by atoms with Gasteiger partial charge in [-0.2, -0.15) is 13.2 Å². The minimum Gasteiger partial charge on any atom is -0.410 e. The van der Waals surface area contributed by atoms with Crippen LogP contribution >= 0.6 is 11.3 Å². The van der Waals surface area contributed by atoms with Crippen LogP contribution in [-0.4, -0.2) is 22.1 Å². The van der Waals surface area contributed by atoms with Crippen molar-refractivity contribution in [3.63, 3.8) is 0 Å². The summed E-state index contributed by atoms with van der Waals surface area (Å²) in [5, 5.41) is 10.8. The predicted octanol–water partition coefficient (Wildman–Crippen LogP) is 3.86. The Morgan fingerprint density at radius 1 is 1.26 bits per heavy atom. The molecule has 0 spiro atoms. The third-order valence-electron chi connectivity index (χ3n) is 2.53. The lowest BCUT2D eigenvalue weighted by atomic mass is 10.1. The molecule has 0 atom stereocenters. The number of hydrogen-bond donors (Lipinski definition) is 1.